The lowest BCUT2D eigenvalue weighted by Crippen LogP contribution is -2.24. The smallest absolute Gasteiger partial charge is 0.275 e. The highest BCUT2D eigenvalue weighted by Crippen LogP contribution is 2.25. The molecule has 1 aliphatic rings. The molecule has 2 aromatic carbocycles. The number of benzene rings is 2. The molecule has 0 radical (unpaired) electrons. The maximum Gasteiger partial charge on any atom is 0.275 e. The summed E-state index contributed by atoms with van der Waals surface area (Å²) in [6.07, 6.45) is 3.27. The van der Waals surface area contributed by atoms with Gasteiger partial charge < -0.3 is 14.8 Å². The van der Waals surface area contributed by atoms with E-state index >= 15 is 0 Å². The zero-order valence-electron chi connectivity index (χ0n) is 15.2. The zero-order chi connectivity index (χ0) is 18.5. The molecule has 0 fully saturated rings. The normalized spacial score (nSPS) is 15.0. The second-order valence-electron chi connectivity index (χ2n) is 6.11. The van der Waals surface area contributed by atoms with Crippen molar-refractivity contribution in [2.45, 2.75) is 19.8 Å². The second kappa shape index (κ2) is 7.87. The lowest BCUT2D eigenvalue weighted by Gasteiger charge is -2.05. The van der Waals surface area contributed by atoms with Gasteiger partial charge in [-0.3, -0.25) is 4.79 Å². The van der Waals surface area contributed by atoms with Crippen LogP contribution in [0.1, 0.15) is 23.1 Å². The van der Waals surface area contributed by atoms with Crippen molar-refractivity contribution in [1.29, 1.82) is 0 Å². The van der Waals surface area contributed by atoms with Gasteiger partial charge in [0.1, 0.15) is 23.0 Å². The highest BCUT2D eigenvalue weighted by Gasteiger charge is 2.20. The average molecular weight is 350 g/mol. The molecule has 0 spiro atoms. The highest BCUT2D eigenvalue weighted by atomic mass is 16.5. The van der Waals surface area contributed by atoms with E-state index in [9.17, 15) is 4.79 Å². The Morgan fingerprint density at radius 3 is 2.38 bits per heavy atom. The quantitative estimate of drug-likeness (QED) is 0.811. The van der Waals surface area contributed by atoms with E-state index in [1.54, 1.807) is 26.4 Å². The van der Waals surface area contributed by atoms with Crippen LogP contribution in [0.5, 0.6) is 11.5 Å². The number of nitrogens with one attached hydrogen (secondary N) is 1. The summed E-state index contributed by atoms with van der Waals surface area (Å²) in [7, 11) is 3.19. The van der Waals surface area contributed by atoms with Crippen LogP contribution in [0, 0.1) is 6.92 Å². The number of hydrogen-bond donors (Lipinski definition) is 1. The van der Waals surface area contributed by atoms with E-state index in [1.165, 1.54) is 11.1 Å². The second-order valence-corrected chi connectivity index (χ2v) is 6.11. The number of aliphatic imine (C=N–C) groups is 1. The van der Waals surface area contributed by atoms with E-state index in [0.29, 0.717) is 29.5 Å². The first-order valence-corrected chi connectivity index (χ1v) is 8.47. The van der Waals surface area contributed by atoms with Crippen molar-refractivity contribution in [2.75, 3.05) is 14.2 Å². The predicted molar refractivity (Wildman–Crippen MR) is 103 cm³/mol. The molecule has 1 N–H and O–H groups in total. The molecule has 1 amide bonds. The molecule has 134 valence electrons. The molecule has 5 nitrogen and oxygen atoms in total. The van der Waals surface area contributed by atoms with Crippen molar-refractivity contribution in [3.63, 3.8) is 0 Å². The first kappa shape index (κ1) is 17.7. The van der Waals surface area contributed by atoms with Crippen molar-refractivity contribution in [2.24, 2.45) is 4.99 Å². The standard InChI is InChI=1S/C21H22N2O3/c1-14-6-4-5-7-16(14)8-9-20-22-19(21(24)23-20)12-15-10-17(25-2)13-18(11-15)26-3/h4-7,10-13H,8-9H2,1-3H3,(H,22,23,24)/b19-12+. The molecular weight excluding hydrogens is 328 g/mol. The lowest BCUT2D eigenvalue weighted by atomic mass is 10.0. The summed E-state index contributed by atoms with van der Waals surface area (Å²) >= 11 is 0. The van der Waals surface area contributed by atoms with Gasteiger partial charge in [0.2, 0.25) is 0 Å². The maximum absolute atomic E-state index is 12.2. The lowest BCUT2D eigenvalue weighted by molar-refractivity contribution is -0.115. The number of methoxy groups -OCH3 is 2. The first-order valence-electron chi connectivity index (χ1n) is 8.47. The summed E-state index contributed by atoms with van der Waals surface area (Å²) < 4.78 is 10.5. The van der Waals surface area contributed by atoms with Crippen molar-refractivity contribution in [1.82, 2.24) is 5.32 Å². The van der Waals surface area contributed by atoms with Crippen LogP contribution < -0.4 is 14.8 Å². The molecule has 26 heavy (non-hydrogen) atoms. The fraction of sp³-hybridized carbons (Fsp3) is 0.238. The van der Waals surface area contributed by atoms with Gasteiger partial charge in [-0.2, -0.15) is 0 Å². The van der Waals surface area contributed by atoms with Gasteiger partial charge in [-0.1, -0.05) is 24.3 Å². The van der Waals surface area contributed by atoms with Crippen LogP contribution in [0.15, 0.2) is 53.2 Å². The summed E-state index contributed by atoms with van der Waals surface area (Å²) in [5.74, 6) is 1.84. The van der Waals surface area contributed by atoms with Crippen LogP contribution in [0.3, 0.4) is 0 Å². The van der Waals surface area contributed by atoms with Gasteiger partial charge in [0.25, 0.3) is 5.91 Å². The maximum atomic E-state index is 12.2. The predicted octanol–water partition coefficient (Wildman–Crippen LogP) is 3.51. The molecule has 0 aliphatic carbocycles. The van der Waals surface area contributed by atoms with Gasteiger partial charge in [-0.25, -0.2) is 4.99 Å². The number of ether oxygens (including phenoxy) is 2. The molecule has 1 heterocycles. The summed E-state index contributed by atoms with van der Waals surface area (Å²) in [4.78, 5) is 16.7. The van der Waals surface area contributed by atoms with Crippen molar-refractivity contribution in [3.05, 3.63) is 64.9 Å². The molecule has 0 unspecified atom stereocenters. The average Bonchev–Trinajstić information content (AvgIpc) is 3.00. The minimum atomic E-state index is -0.188. The molecule has 0 atom stereocenters. The van der Waals surface area contributed by atoms with Crippen molar-refractivity contribution in [3.8, 4) is 11.5 Å². The van der Waals surface area contributed by atoms with E-state index in [1.807, 2.05) is 24.3 Å². The van der Waals surface area contributed by atoms with E-state index in [4.69, 9.17) is 9.47 Å². The number of carbonyl (C=O) groups is 1. The van der Waals surface area contributed by atoms with Gasteiger partial charge in [0.05, 0.1) is 14.2 Å². The molecule has 0 saturated carbocycles. The highest BCUT2D eigenvalue weighted by molar-refractivity contribution is 6.14. The molecule has 0 aromatic heterocycles. The Bertz CT molecular complexity index is 862. The molecule has 3 rings (SSSR count). The SMILES string of the molecule is COc1cc(/C=C2/N=C(CCc3ccccc3C)NC2=O)cc(OC)c1. The summed E-state index contributed by atoms with van der Waals surface area (Å²) in [6.45, 7) is 2.09. The van der Waals surface area contributed by atoms with Gasteiger partial charge >= 0.3 is 0 Å². The Balaban J connectivity index is 1.77. The minimum Gasteiger partial charge on any atom is -0.497 e. The van der Waals surface area contributed by atoms with Crippen molar-refractivity contribution < 1.29 is 14.3 Å². The molecule has 5 heteroatoms. The minimum absolute atomic E-state index is 0.188. The Labute approximate surface area is 153 Å². The van der Waals surface area contributed by atoms with Gasteiger partial charge in [0, 0.05) is 12.5 Å². The van der Waals surface area contributed by atoms with Crippen LogP contribution in [-0.2, 0) is 11.2 Å². The number of nitrogens with zero attached hydrogens (tertiary/aromatic N) is 1. The fourth-order valence-corrected chi connectivity index (χ4v) is 2.85. The van der Waals surface area contributed by atoms with Gasteiger partial charge in [0.15, 0.2) is 0 Å². The van der Waals surface area contributed by atoms with E-state index < -0.39 is 0 Å². The topological polar surface area (TPSA) is 59.9 Å². The van der Waals surface area contributed by atoms with Crippen LogP contribution in [0.25, 0.3) is 6.08 Å². The Kier molecular flexibility index (Phi) is 5.37. The molecule has 2 aromatic rings. The summed E-state index contributed by atoms with van der Waals surface area (Å²) in [5, 5.41) is 2.85. The number of hydrogen-bond acceptors (Lipinski definition) is 4. The van der Waals surface area contributed by atoms with Crippen LogP contribution in [0.4, 0.5) is 0 Å². The number of rotatable bonds is 6. The first-order chi connectivity index (χ1) is 12.6. The number of aryl methyl sites for hydroxylation is 2. The van der Waals surface area contributed by atoms with Gasteiger partial charge in [-0.05, 0) is 48.2 Å². The zero-order valence-corrected chi connectivity index (χ0v) is 15.2. The van der Waals surface area contributed by atoms with Crippen LogP contribution in [0.2, 0.25) is 0 Å². The Morgan fingerprint density at radius 1 is 1.04 bits per heavy atom. The number of carbonyl (C=O) groups excluding carboxylic acids is 1. The Morgan fingerprint density at radius 2 is 1.73 bits per heavy atom. The summed E-state index contributed by atoms with van der Waals surface area (Å²) in [5.41, 5.74) is 3.70. The summed E-state index contributed by atoms with van der Waals surface area (Å²) in [6, 6.07) is 13.7. The van der Waals surface area contributed by atoms with Crippen LogP contribution in [-0.4, -0.2) is 26.0 Å². The van der Waals surface area contributed by atoms with Gasteiger partial charge in [-0.15, -0.1) is 0 Å². The Hall–Kier alpha value is -3.08. The molecular formula is C21H22N2O3. The van der Waals surface area contributed by atoms with Crippen molar-refractivity contribution >= 4 is 17.8 Å². The molecule has 0 saturated heterocycles. The third-order valence-electron chi connectivity index (χ3n) is 4.32. The van der Waals surface area contributed by atoms with Crippen LogP contribution >= 0.6 is 0 Å². The van der Waals surface area contributed by atoms with E-state index in [-0.39, 0.29) is 5.91 Å². The molecule has 0 bridgehead atoms. The fourth-order valence-electron chi connectivity index (χ4n) is 2.85. The largest absolute Gasteiger partial charge is 0.497 e. The number of amidine groups is 1. The monoisotopic (exact) mass is 350 g/mol. The number of amides is 1. The van der Waals surface area contributed by atoms with E-state index in [0.717, 1.165) is 12.0 Å². The van der Waals surface area contributed by atoms with E-state index in [2.05, 4.69) is 29.4 Å². The third-order valence-corrected chi connectivity index (χ3v) is 4.32. The molecule has 1 aliphatic heterocycles. The third kappa shape index (κ3) is 4.11.